The number of carboxylic acid groups (broad SMARTS) is 1. The van der Waals surface area contributed by atoms with Crippen LogP contribution in [0.3, 0.4) is 0 Å². The Morgan fingerprint density at radius 1 is 1.25 bits per heavy atom. The first-order valence-corrected chi connectivity index (χ1v) is 6.20. The molecule has 0 aliphatic carbocycles. The fraction of sp³-hybridized carbons (Fsp3) is 0.200. The Morgan fingerprint density at radius 3 is 2.55 bits per heavy atom. The number of hydrogen-bond acceptors (Lipinski definition) is 3. The molecule has 0 unspecified atom stereocenters. The maximum atomic E-state index is 11.3. The number of carbonyl (C=O) groups is 2. The number of aromatic carboxylic acids is 1. The second-order valence-electron chi connectivity index (χ2n) is 4.33. The molecule has 20 heavy (non-hydrogen) atoms. The number of para-hydroxylation sites is 1. The Labute approximate surface area is 116 Å². The van der Waals surface area contributed by atoms with Crippen molar-refractivity contribution in [2.45, 2.75) is 13.5 Å². The molecule has 2 aromatic rings. The Balaban J connectivity index is 2.05. The molecule has 2 rings (SSSR count). The lowest BCUT2D eigenvalue weighted by molar-refractivity contribution is 0.0684. The van der Waals surface area contributed by atoms with Crippen LogP contribution in [0.5, 0.6) is 5.75 Å². The van der Waals surface area contributed by atoms with E-state index in [-0.39, 0.29) is 11.5 Å². The first-order valence-electron chi connectivity index (χ1n) is 6.20. The summed E-state index contributed by atoms with van der Waals surface area (Å²) in [5.74, 6) is -0.490. The van der Waals surface area contributed by atoms with Crippen LogP contribution >= 0.6 is 0 Å². The van der Waals surface area contributed by atoms with E-state index in [9.17, 15) is 9.59 Å². The summed E-state index contributed by atoms with van der Waals surface area (Å²) in [6.07, 6.45) is 1.54. The van der Waals surface area contributed by atoms with Crippen LogP contribution in [-0.2, 0) is 6.54 Å². The Morgan fingerprint density at radius 2 is 1.95 bits per heavy atom. The topological polar surface area (TPSA) is 68.5 Å². The van der Waals surface area contributed by atoms with Gasteiger partial charge in [0.15, 0.2) is 5.78 Å². The van der Waals surface area contributed by atoms with Crippen molar-refractivity contribution < 1.29 is 19.4 Å². The predicted octanol–water partition coefficient (Wildman–Crippen LogP) is 2.47. The molecule has 0 saturated carbocycles. The maximum Gasteiger partial charge on any atom is 0.352 e. The van der Waals surface area contributed by atoms with Crippen LogP contribution in [0.1, 0.15) is 27.8 Å². The molecule has 0 saturated heterocycles. The molecule has 1 aromatic carbocycles. The van der Waals surface area contributed by atoms with Crippen LogP contribution in [0.25, 0.3) is 0 Å². The zero-order valence-electron chi connectivity index (χ0n) is 11.1. The minimum Gasteiger partial charge on any atom is -0.492 e. The Hall–Kier alpha value is -2.56. The van der Waals surface area contributed by atoms with E-state index < -0.39 is 5.97 Å². The third-order valence-corrected chi connectivity index (χ3v) is 2.87. The normalized spacial score (nSPS) is 10.2. The fourth-order valence-corrected chi connectivity index (χ4v) is 1.85. The van der Waals surface area contributed by atoms with E-state index in [4.69, 9.17) is 9.84 Å². The molecule has 0 aliphatic heterocycles. The van der Waals surface area contributed by atoms with Gasteiger partial charge in [0.1, 0.15) is 18.1 Å². The van der Waals surface area contributed by atoms with Gasteiger partial charge in [-0.05, 0) is 25.1 Å². The van der Waals surface area contributed by atoms with Crippen molar-refractivity contribution in [3.05, 3.63) is 53.9 Å². The van der Waals surface area contributed by atoms with Crippen LogP contribution in [0, 0.1) is 0 Å². The molecule has 1 heterocycles. The number of ether oxygens (including phenoxy) is 1. The third-order valence-electron chi connectivity index (χ3n) is 2.87. The van der Waals surface area contributed by atoms with E-state index in [0.717, 1.165) is 5.75 Å². The number of Topliss-reactive ketones (excluding diaryl/α,β-unsaturated/α-hetero) is 1. The summed E-state index contributed by atoms with van der Waals surface area (Å²) >= 11 is 0. The number of ketones is 1. The standard InChI is InChI=1S/C15H15NO4/c1-11(17)12-9-14(15(18)19)16(10-12)7-8-20-13-5-3-2-4-6-13/h2-6,9-10H,7-8H2,1H3,(H,18,19). The molecule has 0 atom stereocenters. The van der Waals surface area contributed by atoms with Crippen molar-refractivity contribution in [3.63, 3.8) is 0 Å². The smallest absolute Gasteiger partial charge is 0.352 e. The Kier molecular flexibility index (Phi) is 4.20. The molecule has 0 radical (unpaired) electrons. The highest BCUT2D eigenvalue weighted by molar-refractivity contribution is 5.97. The van der Waals surface area contributed by atoms with Crippen molar-refractivity contribution in [2.75, 3.05) is 6.61 Å². The summed E-state index contributed by atoms with van der Waals surface area (Å²) in [5.41, 5.74) is 0.481. The average Bonchev–Trinajstić information content (AvgIpc) is 2.84. The summed E-state index contributed by atoms with van der Waals surface area (Å²) in [5, 5.41) is 9.10. The molecular weight excluding hydrogens is 258 g/mol. The number of aromatic nitrogens is 1. The van der Waals surface area contributed by atoms with E-state index in [1.165, 1.54) is 17.6 Å². The van der Waals surface area contributed by atoms with Crippen LogP contribution in [0.15, 0.2) is 42.6 Å². The van der Waals surface area contributed by atoms with E-state index >= 15 is 0 Å². The van der Waals surface area contributed by atoms with Crippen molar-refractivity contribution in [3.8, 4) is 5.75 Å². The zero-order valence-corrected chi connectivity index (χ0v) is 11.1. The molecule has 0 fully saturated rings. The molecule has 5 heteroatoms. The van der Waals surface area contributed by atoms with Gasteiger partial charge in [0.2, 0.25) is 0 Å². The van der Waals surface area contributed by atoms with Crippen molar-refractivity contribution >= 4 is 11.8 Å². The summed E-state index contributed by atoms with van der Waals surface area (Å²) in [6, 6.07) is 10.7. The first kappa shape index (κ1) is 13.9. The fourth-order valence-electron chi connectivity index (χ4n) is 1.85. The van der Waals surface area contributed by atoms with Gasteiger partial charge in [-0.3, -0.25) is 4.79 Å². The monoisotopic (exact) mass is 273 g/mol. The van der Waals surface area contributed by atoms with Gasteiger partial charge in [-0.15, -0.1) is 0 Å². The second-order valence-corrected chi connectivity index (χ2v) is 4.33. The van der Waals surface area contributed by atoms with Gasteiger partial charge in [0.05, 0.1) is 6.54 Å². The van der Waals surface area contributed by atoms with Gasteiger partial charge in [0, 0.05) is 11.8 Å². The highest BCUT2D eigenvalue weighted by Crippen LogP contribution is 2.12. The van der Waals surface area contributed by atoms with E-state index in [1.807, 2.05) is 30.3 Å². The molecule has 0 amide bonds. The summed E-state index contributed by atoms with van der Waals surface area (Å²) in [7, 11) is 0. The van der Waals surface area contributed by atoms with Gasteiger partial charge in [-0.2, -0.15) is 0 Å². The third kappa shape index (κ3) is 3.26. The first-order chi connectivity index (χ1) is 9.58. The number of rotatable bonds is 6. The van der Waals surface area contributed by atoms with Crippen molar-refractivity contribution in [1.29, 1.82) is 0 Å². The largest absolute Gasteiger partial charge is 0.492 e. The minimum atomic E-state index is -1.06. The molecule has 104 valence electrons. The lowest BCUT2D eigenvalue weighted by atomic mass is 10.2. The van der Waals surface area contributed by atoms with E-state index in [2.05, 4.69) is 0 Å². The van der Waals surface area contributed by atoms with E-state index in [1.54, 1.807) is 6.20 Å². The van der Waals surface area contributed by atoms with Crippen molar-refractivity contribution in [2.24, 2.45) is 0 Å². The minimum absolute atomic E-state index is 0.0897. The molecular formula is C15H15NO4. The van der Waals surface area contributed by atoms with Gasteiger partial charge in [-0.25, -0.2) is 4.79 Å². The SMILES string of the molecule is CC(=O)c1cc(C(=O)O)n(CCOc2ccccc2)c1. The van der Waals surface area contributed by atoms with Gasteiger partial charge in [-0.1, -0.05) is 18.2 Å². The highest BCUT2D eigenvalue weighted by atomic mass is 16.5. The summed E-state index contributed by atoms with van der Waals surface area (Å²) < 4.78 is 7.03. The van der Waals surface area contributed by atoms with Gasteiger partial charge < -0.3 is 14.4 Å². The van der Waals surface area contributed by atoms with Crippen LogP contribution < -0.4 is 4.74 Å². The van der Waals surface area contributed by atoms with Crippen molar-refractivity contribution in [1.82, 2.24) is 4.57 Å². The highest BCUT2D eigenvalue weighted by Gasteiger charge is 2.14. The summed E-state index contributed by atoms with van der Waals surface area (Å²) in [6.45, 7) is 2.10. The zero-order chi connectivity index (χ0) is 14.5. The molecule has 0 spiro atoms. The molecule has 5 nitrogen and oxygen atoms in total. The molecule has 1 aromatic heterocycles. The lowest BCUT2D eigenvalue weighted by Gasteiger charge is -2.08. The number of carboxylic acids is 1. The predicted molar refractivity (Wildman–Crippen MR) is 73.3 cm³/mol. The quantitative estimate of drug-likeness (QED) is 0.821. The number of hydrogen-bond donors (Lipinski definition) is 1. The van der Waals surface area contributed by atoms with Crippen LogP contribution in [0.4, 0.5) is 0 Å². The second kappa shape index (κ2) is 6.06. The van der Waals surface area contributed by atoms with Gasteiger partial charge in [0.25, 0.3) is 0 Å². The van der Waals surface area contributed by atoms with E-state index in [0.29, 0.717) is 18.7 Å². The molecule has 0 bridgehead atoms. The Bertz CT molecular complexity index is 616. The number of carbonyl (C=O) groups excluding carboxylic acids is 1. The molecule has 1 N–H and O–H groups in total. The lowest BCUT2D eigenvalue weighted by Crippen LogP contribution is -2.12. The molecule has 0 aliphatic rings. The number of benzene rings is 1. The number of nitrogens with zero attached hydrogens (tertiary/aromatic N) is 1. The van der Waals surface area contributed by atoms with Gasteiger partial charge >= 0.3 is 5.97 Å². The maximum absolute atomic E-state index is 11.3. The average molecular weight is 273 g/mol. The van der Waals surface area contributed by atoms with Crippen LogP contribution in [0.2, 0.25) is 0 Å². The summed E-state index contributed by atoms with van der Waals surface area (Å²) in [4.78, 5) is 22.4. The van der Waals surface area contributed by atoms with Crippen LogP contribution in [-0.4, -0.2) is 28.0 Å².